The highest BCUT2D eigenvalue weighted by molar-refractivity contribution is 6.29. The molecule has 0 radical (unpaired) electrons. The van der Waals surface area contributed by atoms with Crippen molar-refractivity contribution < 1.29 is 0 Å². The van der Waals surface area contributed by atoms with Gasteiger partial charge in [-0.1, -0.05) is 109 Å². The van der Waals surface area contributed by atoms with E-state index in [0.29, 0.717) is 11.1 Å². The summed E-state index contributed by atoms with van der Waals surface area (Å²) >= 11 is 0. The first-order valence-corrected chi connectivity index (χ1v) is 18.3. The molecule has 3 heterocycles. The molecule has 0 spiro atoms. The number of para-hydroxylation sites is 6. The van der Waals surface area contributed by atoms with E-state index in [-0.39, 0.29) is 0 Å². The van der Waals surface area contributed by atoms with E-state index in [9.17, 15) is 10.5 Å². The van der Waals surface area contributed by atoms with E-state index in [1.165, 1.54) is 10.8 Å². The van der Waals surface area contributed by atoms with Gasteiger partial charge in [-0.05, 0) is 66.7 Å². The minimum atomic E-state index is 0.560. The van der Waals surface area contributed by atoms with Crippen molar-refractivity contribution in [2.75, 3.05) is 0 Å². The average molecular weight is 700 g/mol. The molecule has 0 unspecified atom stereocenters. The van der Waals surface area contributed by atoms with Crippen LogP contribution < -0.4 is 0 Å². The van der Waals surface area contributed by atoms with Crippen LogP contribution >= 0.6 is 0 Å². The molecule has 8 aromatic carbocycles. The zero-order valence-electron chi connectivity index (χ0n) is 29.5. The molecule has 0 bridgehead atoms. The second kappa shape index (κ2) is 11.8. The van der Waals surface area contributed by atoms with Crippen molar-refractivity contribution in [2.24, 2.45) is 0 Å². The SMILES string of the molecule is N#Cc1ccc(-c2cccc(C#N)c2-n2c3ccccc3c3c4c5ccccc5n(-c5ccccc5)c4ccc32)c(-n2c3ccccc3c3ccccc32)c1. The van der Waals surface area contributed by atoms with Crippen molar-refractivity contribution in [1.82, 2.24) is 13.7 Å². The first-order valence-electron chi connectivity index (χ1n) is 18.3. The van der Waals surface area contributed by atoms with Gasteiger partial charge in [-0.15, -0.1) is 0 Å². The third kappa shape index (κ3) is 4.33. The Kier molecular flexibility index (Phi) is 6.61. The van der Waals surface area contributed by atoms with Gasteiger partial charge in [0, 0.05) is 49.1 Å². The summed E-state index contributed by atoms with van der Waals surface area (Å²) in [6.07, 6.45) is 0. The summed E-state index contributed by atoms with van der Waals surface area (Å²) in [7, 11) is 0. The van der Waals surface area contributed by atoms with Crippen LogP contribution in [0.25, 0.3) is 93.6 Å². The molecule has 11 aromatic rings. The second-order valence-corrected chi connectivity index (χ2v) is 13.9. The topological polar surface area (TPSA) is 62.4 Å². The van der Waals surface area contributed by atoms with Gasteiger partial charge >= 0.3 is 0 Å². The number of hydrogen-bond donors (Lipinski definition) is 0. The highest BCUT2D eigenvalue weighted by Gasteiger charge is 2.25. The van der Waals surface area contributed by atoms with Crippen LogP contribution in [-0.2, 0) is 0 Å². The largest absolute Gasteiger partial charge is 0.309 e. The molecular weight excluding hydrogens is 671 g/mol. The average Bonchev–Trinajstić information content (AvgIpc) is 3.89. The number of fused-ring (bicyclic) bond motifs is 10. The van der Waals surface area contributed by atoms with Crippen molar-refractivity contribution in [1.29, 1.82) is 10.5 Å². The summed E-state index contributed by atoms with van der Waals surface area (Å²) in [4.78, 5) is 0. The lowest BCUT2D eigenvalue weighted by molar-refractivity contribution is 1.15. The fourth-order valence-electron chi connectivity index (χ4n) is 8.90. The standard InChI is InChI=1S/C50H29N5/c51-30-32-25-26-37(47(29-32)54-41-21-8-4-16-35(41)36-17-5-9-22-42(36)54)38-20-12-13-33(31-52)50(38)55-44-24-11-7-19-40(44)49-46(55)28-27-45-48(49)39-18-6-10-23-43(39)53(45)34-14-2-1-3-15-34/h1-29H. The minimum Gasteiger partial charge on any atom is -0.309 e. The van der Waals surface area contributed by atoms with Gasteiger partial charge < -0.3 is 13.7 Å². The number of nitriles is 2. The molecule has 0 aliphatic rings. The summed E-state index contributed by atoms with van der Waals surface area (Å²) in [6.45, 7) is 0. The van der Waals surface area contributed by atoms with E-state index in [1.807, 2.05) is 36.4 Å². The maximum absolute atomic E-state index is 10.9. The van der Waals surface area contributed by atoms with E-state index in [0.717, 1.165) is 82.8 Å². The van der Waals surface area contributed by atoms with Gasteiger partial charge in [-0.25, -0.2) is 0 Å². The summed E-state index contributed by atoms with van der Waals surface area (Å²) < 4.78 is 6.89. The van der Waals surface area contributed by atoms with Crippen LogP contribution in [0, 0.1) is 22.7 Å². The van der Waals surface area contributed by atoms with Gasteiger partial charge in [0.15, 0.2) is 0 Å². The molecule has 5 nitrogen and oxygen atoms in total. The van der Waals surface area contributed by atoms with Crippen molar-refractivity contribution in [2.45, 2.75) is 0 Å². The maximum Gasteiger partial charge on any atom is 0.101 e. The monoisotopic (exact) mass is 699 g/mol. The number of benzene rings is 8. The molecular formula is C50H29N5. The maximum atomic E-state index is 10.9. The van der Waals surface area contributed by atoms with E-state index in [2.05, 4.69) is 165 Å². The quantitative estimate of drug-likeness (QED) is 0.184. The Morgan fingerprint density at radius 1 is 0.364 bits per heavy atom. The number of nitrogens with zero attached hydrogens (tertiary/aromatic N) is 5. The molecule has 11 rings (SSSR count). The zero-order valence-corrected chi connectivity index (χ0v) is 29.5. The van der Waals surface area contributed by atoms with E-state index >= 15 is 0 Å². The summed E-state index contributed by atoms with van der Waals surface area (Å²) in [5.74, 6) is 0. The molecule has 0 atom stereocenters. The first kappa shape index (κ1) is 30.7. The van der Waals surface area contributed by atoms with Crippen LogP contribution in [0.4, 0.5) is 0 Å². The Morgan fingerprint density at radius 3 is 1.49 bits per heavy atom. The summed E-state index contributed by atoms with van der Waals surface area (Å²) in [6, 6.07) is 65.7. The Balaban J connectivity index is 1.28. The molecule has 3 aromatic heterocycles. The van der Waals surface area contributed by atoms with Crippen molar-refractivity contribution in [3.05, 3.63) is 187 Å². The van der Waals surface area contributed by atoms with Gasteiger partial charge in [0.1, 0.15) is 6.07 Å². The van der Waals surface area contributed by atoms with Gasteiger partial charge in [-0.2, -0.15) is 10.5 Å². The Bertz CT molecular complexity index is 3400. The third-order valence-corrected chi connectivity index (χ3v) is 11.1. The van der Waals surface area contributed by atoms with Gasteiger partial charge in [0.05, 0.1) is 61.7 Å². The van der Waals surface area contributed by atoms with Crippen LogP contribution in [0.15, 0.2) is 176 Å². The van der Waals surface area contributed by atoms with Crippen LogP contribution in [0.2, 0.25) is 0 Å². The third-order valence-electron chi connectivity index (χ3n) is 11.1. The second-order valence-electron chi connectivity index (χ2n) is 13.9. The van der Waals surface area contributed by atoms with Crippen molar-refractivity contribution in [3.63, 3.8) is 0 Å². The number of hydrogen-bond acceptors (Lipinski definition) is 2. The number of rotatable bonds is 4. The molecule has 0 fully saturated rings. The fourth-order valence-corrected chi connectivity index (χ4v) is 8.90. The Labute approximate surface area is 316 Å². The first-order chi connectivity index (χ1) is 27.2. The Morgan fingerprint density at radius 2 is 0.891 bits per heavy atom. The smallest absolute Gasteiger partial charge is 0.101 e. The van der Waals surface area contributed by atoms with Crippen LogP contribution in [0.5, 0.6) is 0 Å². The fraction of sp³-hybridized carbons (Fsp3) is 0. The molecule has 5 heteroatoms. The molecule has 0 saturated carbocycles. The zero-order chi connectivity index (χ0) is 36.6. The molecule has 0 N–H and O–H groups in total. The van der Waals surface area contributed by atoms with Crippen LogP contribution in [-0.4, -0.2) is 13.7 Å². The van der Waals surface area contributed by atoms with Gasteiger partial charge in [0.2, 0.25) is 0 Å². The van der Waals surface area contributed by atoms with Crippen molar-refractivity contribution in [3.8, 4) is 40.3 Å². The molecule has 0 saturated heterocycles. The van der Waals surface area contributed by atoms with Crippen molar-refractivity contribution >= 4 is 65.4 Å². The molecule has 0 aliphatic carbocycles. The number of aromatic nitrogens is 3. The molecule has 55 heavy (non-hydrogen) atoms. The molecule has 0 aliphatic heterocycles. The van der Waals surface area contributed by atoms with E-state index < -0.39 is 0 Å². The normalized spacial score (nSPS) is 11.6. The highest BCUT2D eigenvalue weighted by Crippen LogP contribution is 2.45. The van der Waals surface area contributed by atoms with Crippen LogP contribution in [0.3, 0.4) is 0 Å². The van der Waals surface area contributed by atoms with Crippen LogP contribution in [0.1, 0.15) is 11.1 Å². The predicted octanol–water partition coefficient (Wildman–Crippen LogP) is 12.4. The highest BCUT2D eigenvalue weighted by atomic mass is 15.0. The molecule has 0 amide bonds. The van der Waals surface area contributed by atoms with Gasteiger partial charge in [-0.3, -0.25) is 0 Å². The lowest BCUT2D eigenvalue weighted by Crippen LogP contribution is -2.04. The summed E-state index contributed by atoms with van der Waals surface area (Å²) in [5.41, 5.74) is 12.1. The summed E-state index contributed by atoms with van der Waals surface area (Å²) in [5, 5.41) is 27.9. The van der Waals surface area contributed by atoms with E-state index in [4.69, 9.17) is 0 Å². The lowest BCUT2D eigenvalue weighted by atomic mass is 9.96. The minimum absolute atomic E-state index is 0.560. The Hall–Kier alpha value is -7.86. The lowest BCUT2D eigenvalue weighted by Gasteiger charge is -2.20. The predicted molar refractivity (Wildman–Crippen MR) is 224 cm³/mol. The van der Waals surface area contributed by atoms with Gasteiger partial charge in [0.25, 0.3) is 0 Å². The molecule has 254 valence electrons. The van der Waals surface area contributed by atoms with E-state index in [1.54, 1.807) is 0 Å².